The lowest BCUT2D eigenvalue weighted by molar-refractivity contribution is -0.135. The number of hydrogen-bond donors (Lipinski definition) is 1. The third kappa shape index (κ3) is 3.92. The Bertz CT molecular complexity index is 674. The Kier molecular flexibility index (Phi) is 4.81. The van der Waals surface area contributed by atoms with Gasteiger partial charge in [-0.25, -0.2) is 0 Å². The second-order valence-corrected chi connectivity index (χ2v) is 6.37. The summed E-state index contributed by atoms with van der Waals surface area (Å²) in [4.78, 5) is 18.3. The highest BCUT2D eigenvalue weighted by molar-refractivity contribution is 5.77. The summed E-state index contributed by atoms with van der Waals surface area (Å²) in [5, 5.41) is 10.6. The minimum atomic E-state index is -1.16. The van der Waals surface area contributed by atoms with Crippen molar-refractivity contribution in [1.29, 1.82) is 0 Å². The van der Waals surface area contributed by atoms with Crippen LogP contribution in [0.3, 0.4) is 0 Å². The molecule has 1 aliphatic heterocycles. The van der Waals surface area contributed by atoms with Crippen molar-refractivity contribution in [3.63, 3.8) is 0 Å². The molecular weight excluding hydrogens is 304 g/mol. The molecule has 0 radical (unpaired) electrons. The number of aliphatic hydroxyl groups is 1. The molecule has 1 aromatic heterocycles. The van der Waals surface area contributed by atoms with Gasteiger partial charge in [-0.2, -0.15) is 0 Å². The number of amides is 1. The SMILES string of the molecule is CC(O)(CC(=O)N1CCC(Oc2ccncc2)C1)c1ccccc1. The molecule has 2 heterocycles. The zero-order valence-electron chi connectivity index (χ0n) is 13.8. The molecule has 1 N–H and O–H groups in total. The highest BCUT2D eigenvalue weighted by Gasteiger charge is 2.33. The fraction of sp³-hybridized carbons (Fsp3) is 0.368. The van der Waals surface area contributed by atoms with Crippen LogP contribution in [0.25, 0.3) is 0 Å². The maximum atomic E-state index is 12.5. The van der Waals surface area contributed by atoms with Gasteiger partial charge in [0.15, 0.2) is 0 Å². The van der Waals surface area contributed by atoms with E-state index in [1.54, 1.807) is 24.2 Å². The van der Waals surface area contributed by atoms with E-state index in [2.05, 4.69) is 4.98 Å². The molecule has 0 spiro atoms. The molecule has 2 atom stereocenters. The first-order valence-corrected chi connectivity index (χ1v) is 8.17. The first kappa shape index (κ1) is 16.5. The number of carbonyl (C=O) groups excluding carboxylic acids is 1. The van der Waals surface area contributed by atoms with Crippen LogP contribution in [0, 0.1) is 0 Å². The van der Waals surface area contributed by atoms with E-state index >= 15 is 0 Å². The van der Waals surface area contributed by atoms with Gasteiger partial charge in [0.1, 0.15) is 11.9 Å². The first-order chi connectivity index (χ1) is 11.5. The zero-order chi connectivity index (χ0) is 17.0. The molecule has 5 heteroatoms. The molecule has 2 aromatic rings. The molecule has 24 heavy (non-hydrogen) atoms. The minimum absolute atomic E-state index is 0.0157. The van der Waals surface area contributed by atoms with Crippen LogP contribution in [-0.2, 0) is 10.4 Å². The maximum absolute atomic E-state index is 12.5. The third-order valence-electron chi connectivity index (χ3n) is 4.34. The summed E-state index contributed by atoms with van der Waals surface area (Å²) in [7, 11) is 0. The third-order valence-corrected chi connectivity index (χ3v) is 4.34. The van der Waals surface area contributed by atoms with E-state index < -0.39 is 5.60 Å². The van der Waals surface area contributed by atoms with E-state index in [1.165, 1.54) is 0 Å². The van der Waals surface area contributed by atoms with Gasteiger partial charge < -0.3 is 14.7 Å². The van der Waals surface area contributed by atoms with Gasteiger partial charge in [-0.15, -0.1) is 0 Å². The topological polar surface area (TPSA) is 62.7 Å². The number of nitrogens with zero attached hydrogens (tertiary/aromatic N) is 2. The molecule has 1 amide bonds. The van der Waals surface area contributed by atoms with Gasteiger partial charge in [0, 0.05) is 25.4 Å². The number of benzene rings is 1. The average Bonchev–Trinajstić information content (AvgIpc) is 3.05. The van der Waals surface area contributed by atoms with Crippen LogP contribution in [0.15, 0.2) is 54.9 Å². The molecule has 1 aliphatic rings. The highest BCUT2D eigenvalue weighted by atomic mass is 16.5. The first-order valence-electron chi connectivity index (χ1n) is 8.17. The number of likely N-dealkylation sites (tertiary alicyclic amines) is 1. The summed E-state index contributed by atoms with van der Waals surface area (Å²) >= 11 is 0. The van der Waals surface area contributed by atoms with Crippen LogP contribution in [0.2, 0.25) is 0 Å². The molecule has 0 saturated carbocycles. The van der Waals surface area contributed by atoms with Crippen LogP contribution in [-0.4, -0.2) is 40.1 Å². The molecule has 0 bridgehead atoms. The molecule has 1 fully saturated rings. The number of carbonyl (C=O) groups is 1. The minimum Gasteiger partial charge on any atom is -0.488 e. The molecule has 0 aliphatic carbocycles. The van der Waals surface area contributed by atoms with Crippen molar-refractivity contribution in [2.24, 2.45) is 0 Å². The second kappa shape index (κ2) is 7.01. The van der Waals surface area contributed by atoms with Gasteiger partial charge >= 0.3 is 0 Å². The van der Waals surface area contributed by atoms with E-state index in [9.17, 15) is 9.90 Å². The summed E-state index contributed by atoms with van der Waals surface area (Å²) in [6.07, 6.45) is 4.22. The molecule has 1 saturated heterocycles. The van der Waals surface area contributed by atoms with Crippen LogP contribution in [0.5, 0.6) is 5.75 Å². The van der Waals surface area contributed by atoms with Gasteiger partial charge in [0.25, 0.3) is 0 Å². The second-order valence-electron chi connectivity index (χ2n) is 6.37. The highest BCUT2D eigenvalue weighted by Crippen LogP contribution is 2.26. The van der Waals surface area contributed by atoms with Crippen molar-refractivity contribution in [1.82, 2.24) is 9.88 Å². The van der Waals surface area contributed by atoms with Crippen molar-refractivity contribution >= 4 is 5.91 Å². The molecule has 3 rings (SSSR count). The van der Waals surface area contributed by atoms with Crippen molar-refractivity contribution in [3.8, 4) is 5.75 Å². The summed E-state index contributed by atoms with van der Waals surface area (Å²) in [5.74, 6) is 0.713. The van der Waals surface area contributed by atoms with Gasteiger partial charge in [0.2, 0.25) is 5.91 Å². The van der Waals surface area contributed by atoms with Crippen molar-refractivity contribution in [3.05, 3.63) is 60.4 Å². The summed E-state index contributed by atoms with van der Waals surface area (Å²) in [6, 6.07) is 12.9. The van der Waals surface area contributed by atoms with E-state index in [0.717, 1.165) is 17.7 Å². The van der Waals surface area contributed by atoms with Crippen molar-refractivity contribution in [2.75, 3.05) is 13.1 Å². The largest absolute Gasteiger partial charge is 0.488 e. The molecule has 2 unspecified atom stereocenters. The Morgan fingerprint density at radius 3 is 2.71 bits per heavy atom. The van der Waals surface area contributed by atoms with Crippen LogP contribution >= 0.6 is 0 Å². The number of rotatable bonds is 5. The van der Waals surface area contributed by atoms with Crippen molar-refractivity contribution in [2.45, 2.75) is 31.5 Å². The molecular formula is C19H22N2O3. The Balaban J connectivity index is 1.57. The fourth-order valence-electron chi connectivity index (χ4n) is 2.97. The smallest absolute Gasteiger partial charge is 0.225 e. The Morgan fingerprint density at radius 2 is 2.00 bits per heavy atom. The lowest BCUT2D eigenvalue weighted by Crippen LogP contribution is -2.36. The number of aromatic nitrogens is 1. The number of pyridine rings is 1. The van der Waals surface area contributed by atoms with Crippen molar-refractivity contribution < 1.29 is 14.6 Å². The lowest BCUT2D eigenvalue weighted by Gasteiger charge is -2.26. The van der Waals surface area contributed by atoms with E-state index in [-0.39, 0.29) is 18.4 Å². The molecule has 126 valence electrons. The Hall–Kier alpha value is -2.40. The predicted octanol–water partition coefficient (Wildman–Crippen LogP) is 2.36. The standard InChI is InChI=1S/C19H22N2O3/c1-19(23,15-5-3-2-4-6-15)13-18(22)21-12-9-17(14-21)24-16-7-10-20-11-8-16/h2-8,10-11,17,23H,9,12-14H2,1H3. The fourth-order valence-corrected chi connectivity index (χ4v) is 2.97. The van der Waals surface area contributed by atoms with E-state index in [1.807, 2.05) is 42.5 Å². The summed E-state index contributed by atoms with van der Waals surface area (Å²) in [6.45, 7) is 2.88. The molecule has 5 nitrogen and oxygen atoms in total. The maximum Gasteiger partial charge on any atom is 0.225 e. The monoisotopic (exact) mass is 326 g/mol. The van der Waals surface area contributed by atoms with Crippen LogP contribution in [0.4, 0.5) is 0 Å². The van der Waals surface area contributed by atoms with Gasteiger partial charge in [-0.1, -0.05) is 30.3 Å². The van der Waals surface area contributed by atoms with E-state index in [4.69, 9.17) is 4.74 Å². The average molecular weight is 326 g/mol. The van der Waals surface area contributed by atoms with Gasteiger partial charge in [-0.3, -0.25) is 9.78 Å². The van der Waals surface area contributed by atoms with E-state index in [0.29, 0.717) is 13.1 Å². The van der Waals surface area contributed by atoms with Crippen LogP contribution in [0.1, 0.15) is 25.3 Å². The van der Waals surface area contributed by atoms with Crippen LogP contribution < -0.4 is 4.74 Å². The molecule has 1 aromatic carbocycles. The Morgan fingerprint density at radius 1 is 1.29 bits per heavy atom. The zero-order valence-corrected chi connectivity index (χ0v) is 13.8. The Labute approximate surface area is 141 Å². The van der Waals surface area contributed by atoms with Gasteiger partial charge in [0.05, 0.1) is 18.6 Å². The predicted molar refractivity (Wildman–Crippen MR) is 90.5 cm³/mol. The van der Waals surface area contributed by atoms with Gasteiger partial charge in [-0.05, 0) is 24.6 Å². The quantitative estimate of drug-likeness (QED) is 0.916. The lowest BCUT2D eigenvalue weighted by atomic mass is 9.92. The number of hydrogen-bond acceptors (Lipinski definition) is 4. The number of ether oxygens (including phenoxy) is 1. The summed E-state index contributed by atoms with van der Waals surface area (Å²) in [5.41, 5.74) is -0.412. The summed E-state index contributed by atoms with van der Waals surface area (Å²) < 4.78 is 5.87. The normalized spacial score (nSPS) is 19.8.